The summed E-state index contributed by atoms with van der Waals surface area (Å²) >= 11 is 0. The van der Waals surface area contributed by atoms with Crippen LogP contribution in [0.1, 0.15) is 31.9 Å². The first kappa shape index (κ1) is 15.6. The number of hydrogen-bond acceptors (Lipinski definition) is 2. The summed E-state index contributed by atoms with van der Waals surface area (Å²) in [5, 5.41) is 0. The Hall–Kier alpha value is -1.41. The Morgan fingerprint density at radius 3 is 2.21 bits per heavy atom. The molecule has 0 aromatic heterocycles. The van der Waals surface area contributed by atoms with Crippen LogP contribution in [0.2, 0.25) is 0 Å². The second kappa shape index (κ2) is 6.67. The SMILES string of the molecule is CN(C)C/C=C/C(=O)Cc1ccc(C(C)(C)C)cc1. The normalized spacial score (nSPS) is 12.3. The predicted octanol–water partition coefficient (Wildman–Crippen LogP) is 3.21. The van der Waals surface area contributed by atoms with E-state index in [2.05, 4.69) is 45.0 Å². The Bertz CT molecular complexity index is 435. The van der Waals surface area contributed by atoms with Crippen LogP contribution in [-0.2, 0) is 16.6 Å². The van der Waals surface area contributed by atoms with Crippen molar-refractivity contribution in [1.82, 2.24) is 4.90 Å². The highest BCUT2D eigenvalue weighted by Gasteiger charge is 2.12. The molecule has 1 rings (SSSR count). The van der Waals surface area contributed by atoms with Crippen LogP contribution >= 0.6 is 0 Å². The lowest BCUT2D eigenvalue weighted by Crippen LogP contribution is -2.11. The minimum Gasteiger partial charge on any atom is -0.306 e. The monoisotopic (exact) mass is 259 g/mol. The molecule has 0 heterocycles. The van der Waals surface area contributed by atoms with E-state index in [4.69, 9.17) is 0 Å². The van der Waals surface area contributed by atoms with E-state index in [0.717, 1.165) is 12.1 Å². The summed E-state index contributed by atoms with van der Waals surface area (Å²) in [7, 11) is 3.97. The molecule has 0 spiro atoms. The van der Waals surface area contributed by atoms with E-state index in [0.29, 0.717) is 6.42 Å². The maximum Gasteiger partial charge on any atom is 0.159 e. The van der Waals surface area contributed by atoms with Gasteiger partial charge in [0.1, 0.15) is 0 Å². The van der Waals surface area contributed by atoms with Gasteiger partial charge in [0.2, 0.25) is 0 Å². The Labute approximate surface area is 117 Å². The molecule has 0 unspecified atom stereocenters. The fourth-order valence-corrected chi connectivity index (χ4v) is 1.78. The van der Waals surface area contributed by atoms with Gasteiger partial charge in [-0.2, -0.15) is 0 Å². The third kappa shape index (κ3) is 5.84. The van der Waals surface area contributed by atoms with Crippen LogP contribution in [0.15, 0.2) is 36.4 Å². The number of likely N-dealkylation sites (N-methyl/N-ethyl adjacent to an activating group) is 1. The summed E-state index contributed by atoms with van der Waals surface area (Å²) in [4.78, 5) is 13.8. The van der Waals surface area contributed by atoms with E-state index >= 15 is 0 Å². The molecule has 0 amide bonds. The summed E-state index contributed by atoms with van der Waals surface area (Å²) in [6, 6.07) is 8.34. The minimum atomic E-state index is 0.158. The number of carbonyl (C=O) groups is 1. The van der Waals surface area contributed by atoms with Gasteiger partial charge in [-0.3, -0.25) is 4.79 Å². The fraction of sp³-hybridized carbons (Fsp3) is 0.471. The number of nitrogens with zero attached hydrogens (tertiary/aromatic N) is 1. The highest BCUT2D eigenvalue weighted by molar-refractivity contribution is 5.91. The Balaban J connectivity index is 2.58. The van der Waals surface area contributed by atoms with Crippen LogP contribution in [0.3, 0.4) is 0 Å². The maximum absolute atomic E-state index is 11.8. The summed E-state index contributed by atoms with van der Waals surface area (Å²) < 4.78 is 0. The lowest BCUT2D eigenvalue weighted by Gasteiger charge is -2.19. The zero-order chi connectivity index (χ0) is 14.5. The summed E-state index contributed by atoms with van der Waals surface area (Å²) in [5.41, 5.74) is 2.54. The van der Waals surface area contributed by atoms with E-state index < -0.39 is 0 Å². The van der Waals surface area contributed by atoms with E-state index in [1.165, 1.54) is 5.56 Å². The number of allylic oxidation sites excluding steroid dienone is 1. The Morgan fingerprint density at radius 2 is 1.74 bits per heavy atom. The summed E-state index contributed by atoms with van der Waals surface area (Å²) in [5.74, 6) is 0.158. The summed E-state index contributed by atoms with van der Waals surface area (Å²) in [6.07, 6.45) is 4.07. The van der Waals surface area contributed by atoms with E-state index in [9.17, 15) is 4.79 Å². The van der Waals surface area contributed by atoms with Crippen LogP contribution < -0.4 is 0 Å². The first-order valence-corrected chi connectivity index (χ1v) is 6.72. The molecule has 0 bridgehead atoms. The van der Waals surface area contributed by atoms with Gasteiger partial charge < -0.3 is 4.90 Å². The number of rotatable bonds is 5. The van der Waals surface area contributed by atoms with Crippen molar-refractivity contribution in [3.63, 3.8) is 0 Å². The molecule has 0 radical (unpaired) electrons. The second-order valence-electron chi connectivity index (χ2n) is 6.25. The molecule has 0 saturated carbocycles. The van der Waals surface area contributed by atoms with Crippen molar-refractivity contribution in [2.75, 3.05) is 20.6 Å². The number of benzene rings is 1. The van der Waals surface area contributed by atoms with Gasteiger partial charge in [-0.15, -0.1) is 0 Å². The average molecular weight is 259 g/mol. The molecule has 0 aliphatic heterocycles. The quantitative estimate of drug-likeness (QED) is 0.757. The van der Waals surface area contributed by atoms with Gasteiger partial charge in [0, 0.05) is 13.0 Å². The highest BCUT2D eigenvalue weighted by atomic mass is 16.1. The Morgan fingerprint density at radius 1 is 1.16 bits per heavy atom. The van der Waals surface area contributed by atoms with Gasteiger partial charge in [0.25, 0.3) is 0 Å². The van der Waals surface area contributed by atoms with Crippen molar-refractivity contribution >= 4 is 5.78 Å². The van der Waals surface area contributed by atoms with Crippen molar-refractivity contribution in [2.45, 2.75) is 32.6 Å². The fourth-order valence-electron chi connectivity index (χ4n) is 1.78. The zero-order valence-corrected chi connectivity index (χ0v) is 12.7. The molecule has 2 heteroatoms. The smallest absolute Gasteiger partial charge is 0.159 e. The van der Waals surface area contributed by atoms with Gasteiger partial charge in [-0.05, 0) is 36.7 Å². The topological polar surface area (TPSA) is 20.3 Å². The van der Waals surface area contributed by atoms with Gasteiger partial charge in [0.05, 0.1) is 0 Å². The lowest BCUT2D eigenvalue weighted by atomic mass is 9.86. The Kier molecular flexibility index (Phi) is 5.49. The van der Waals surface area contributed by atoms with E-state index in [-0.39, 0.29) is 11.2 Å². The number of ketones is 1. The molecule has 0 N–H and O–H groups in total. The molecule has 104 valence electrons. The highest BCUT2D eigenvalue weighted by Crippen LogP contribution is 2.22. The largest absolute Gasteiger partial charge is 0.306 e. The standard InChI is InChI=1S/C17H25NO/c1-17(2,3)15-10-8-14(9-11-15)13-16(19)7-6-12-18(4)5/h6-11H,12-13H2,1-5H3/b7-6+. The van der Waals surface area contributed by atoms with Crippen LogP contribution in [0.5, 0.6) is 0 Å². The van der Waals surface area contributed by atoms with E-state index in [1.54, 1.807) is 6.08 Å². The first-order valence-electron chi connectivity index (χ1n) is 6.72. The minimum absolute atomic E-state index is 0.158. The van der Waals surface area contributed by atoms with Crippen molar-refractivity contribution in [1.29, 1.82) is 0 Å². The van der Waals surface area contributed by atoms with Crippen LogP contribution in [0.4, 0.5) is 0 Å². The third-order valence-electron chi connectivity index (χ3n) is 2.97. The number of hydrogen-bond donors (Lipinski definition) is 0. The molecule has 0 saturated heterocycles. The summed E-state index contributed by atoms with van der Waals surface area (Å²) in [6.45, 7) is 7.38. The molecule has 0 aliphatic rings. The maximum atomic E-state index is 11.8. The lowest BCUT2D eigenvalue weighted by molar-refractivity contribution is -0.114. The molecule has 2 nitrogen and oxygen atoms in total. The van der Waals surface area contributed by atoms with Crippen molar-refractivity contribution < 1.29 is 4.79 Å². The van der Waals surface area contributed by atoms with Crippen molar-refractivity contribution in [2.24, 2.45) is 0 Å². The van der Waals surface area contributed by atoms with Crippen molar-refractivity contribution in [3.05, 3.63) is 47.5 Å². The first-order chi connectivity index (χ1) is 8.79. The molecule has 0 atom stereocenters. The average Bonchev–Trinajstić information content (AvgIpc) is 2.27. The number of carbonyl (C=O) groups excluding carboxylic acids is 1. The van der Waals surface area contributed by atoms with Gasteiger partial charge in [0.15, 0.2) is 5.78 Å². The molecule has 0 aliphatic carbocycles. The van der Waals surface area contributed by atoms with Crippen molar-refractivity contribution in [3.8, 4) is 0 Å². The van der Waals surface area contributed by atoms with Gasteiger partial charge >= 0.3 is 0 Å². The van der Waals surface area contributed by atoms with E-state index in [1.807, 2.05) is 25.1 Å². The molecule has 1 aromatic rings. The van der Waals surface area contributed by atoms with Crippen LogP contribution in [0.25, 0.3) is 0 Å². The van der Waals surface area contributed by atoms with Gasteiger partial charge in [-0.1, -0.05) is 51.1 Å². The molecule has 0 fully saturated rings. The van der Waals surface area contributed by atoms with Crippen LogP contribution in [0, 0.1) is 0 Å². The van der Waals surface area contributed by atoms with Gasteiger partial charge in [-0.25, -0.2) is 0 Å². The molecule has 1 aromatic carbocycles. The second-order valence-corrected chi connectivity index (χ2v) is 6.25. The molecule has 19 heavy (non-hydrogen) atoms. The molecular weight excluding hydrogens is 234 g/mol. The molecular formula is C17H25NO. The van der Waals surface area contributed by atoms with Crippen LogP contribution in [-0.4, -0.2) is 31.3 Å². The predicted molar refractivity (Wildman–Crippen MR) is 81.5 cm³/mol. The third-order valence-corrected chi connectivity index (χ3v) is 2.97. The zero-order valence-electron chi connectivity index (χ0n) is 12.7.